The lowest BCUT2D eigenvalue weighted by Gasteiger charge is -2.08. The maximum atomic E-state index is 12.9. The van der Waals surface area contributed by atoms with Crippen molar-refractivity contribution in [1.29, 1.82) is 0 Å². The van der Waals surface area contributed by atoms with Gasteiger partial charge >= 0.3 is 6.03 Å². The number of anilines is 1. The van der Waals surface area contributed by atoms with Gasteiger partial charge in [0.05, 0.1) is 5.02 Å². The van der Waals surface area contributed by atoms with E-state index in [0.717, 1.165) is 18.9 Å². The van der Waals surface area contributed by atoms with Crippen LogP contribution in [-0.2, 0) is 4.74 Å². The van der Waals surface area contributed by atoms with E-state index in [9.17, 15) is 9.18 Å². The Morgan fingerprint density at radius 2 is 2.25 bits per heavy atom. The molecule has 1 aliphatic carbocycles. The first-order valence-electron chi connectivity index (χ1n) is 6.73. The van der Waals surface area contributed by atoms with Crippen molar-refractivity contribution in [2.75, 3.05) is 25.1 Å². The summed E-state index contributed by atoms with van der Waals surface area (Å²) in [4.78, 5) is 11.6. The van der Waals surface area contributed by atoms with E-state index in [1.54, 1.807) is 0 Å². The number of urea groups is 1. The van der Waals surface area contributed by atoms with Crippen LogP contribution in [0.2, 0.25) is 5.02 Å². The first-order chi connectivity index (χ1) is 9.65. The van der Waals surface area contributed by atoms with Gasteiger partial charge in [0, 0.05) is 25.4 Å². The van der Waals surface area contributed by atoms with Crippen LogP contribution in [0.1, 0.15) is 19.3 Å². The molecule has 0 saturated heterocycles. The third kappa shape index (κ3) is 5.35. The molecule has 1 saturated carbocycles. The SMILES string of the molecule is O=C(NCCCOCC1CC1)Nc1ccc(F)c(Cl)c1. The number of rotatable bonds is 7. The van der Waals surface area contributed by atoms with Crippen molar-refractivity contribution in [3.8, 4) is 0 Å². The molecule has 4 nitrogen and oxygen atoms in total. The van der Waals surface area contributed by atoms with E-state index >= 15 is 0 Å². The first-order valence-corrected chi connectivity index (χ1v) is 7.10. The van der Waals surface area contributed by atoms with Gasteiger partial charge in [-0.05, 0) is 43.4 Å². The monoisotopic (exact) mass is 300 g/mol. The molecule has 0 bridgehead atoms. The van der Waals surface area contributed by atoms with Crippen molar-refractivity contribution in [2.24, 2.45) is 5.92 Å². The molecule has 110 valence electrons. The number of amides is 2. The van der Waals surface area contributed by atoms with Crippen LogP contribution in [0.3, 0.4) is 0 Å². The second kappa shape index (κ2) is 7.45. The molecule has 0 aromatic heterocycles. The topological polar surface area (TPSA) is 50.4 Å². The molecule has 0 unspecified atom stereocenters. The van der Waals surface area contributed by atoms with Crippen LogP contribution in [0.15, 0.2) is 18.2 Å². The molecule has 0 spiro atoms. The maximum absolute atomic E-state index is 12.9. The Hall–Kier alpha value is -1.33. The van der Waals surface area contributed by atoms with E-state index in [1.165, 1.54) is 31.0 Å². The third-order valence-electron chi connectivity index (χ3n) is 2.98. The van der Waals surface area contributed by atoms with Gasteiger partial charge in [-0.2, -0.15) is 0 Å². The van der Waals surface area contributed by atoms with Crippen LogP contribution in [0.4, 0.5) is 14.9 Å². The summed E-state index contributed by atoms with van der Waals surface area (Å²) < 4.78 is 18.4. The van der Waals surface area contributed by atoms with Crippen LogP contribution in [0, 0.1) is 11.7 Å². The smallest absolute Gasteiger partial charge is 0.319 e. The standard InChI is InChI=1S/C14H18ClFN2O2/c15-12-8-11(4-5-13(12)16)18-14(19)17-6-1-7-20-9-10-2-3-10/h4-5,8,10H,1-3,6-7,9H2,(H2,17,18,19). The Labute approximate surface area is 122 Å². The van der Waals surface area contributed by atoms with Crippen LogP contribution in [0.5, 0.6) is 0 Å². The molecule has 1 aromatic carbocycles. The number of nitrogens with one attached hydrogen (secondary N) is 2. The quantitative estimate of drug-likeness (QED) is 0.758. The highest BCUT2D eigenvalue weighted by molar-refractivity contribution is 6.31. The summed E-state index contributed by atoms with van der Waals surface area (Å²) in [5, 5.41) is 5.27. The van der Waals surface area contributed by atoms with Crippen molar-refractivity contribution in [3.63, 3.8) is 0 Å². The zero-order valence-corrected chi connectivity index (χ0v) is 11.9. The van der Waals surface area contributed by atoms with Gasteiger partial charge in [-0.3, -0.25) is 0 Å². The van der Waals surface area contributed by atoms with Gasteiger partial charge in [-0.15, -0.1) is 0 Å². The van der Waals surface area contributed by atoms with Gasteiger partial charge in [0.1, 0.15) is 5.82 Å². The number of halogens is 2. The average molecular weight is 301 g/mol. The Morgan fingerprint density at radius 3 is 2.95 bits per heavy atom. The van der Waals surface area contributed by atoms with E-state index in [-0.39, 0.29) is 11.1 Å². The summed E-state index contributed by atoms with van der Waals surface area (Å²) >= 11 is 5.63. The predicted octanol–water partition coefficient (Wildman–Crippen LogP) is 3.42. The number of ether oxygens (including phenoxy) is 1. The number of carbonyl (C=O) groups is 1. The van der Waals surface area contributed by atoms with Crippen LogP contribution >= 0.6 is 11.6 Å². The molecule has 0 aliphatic heterocycles. The Morgan fingerprint density at radius 1 is 1.45 bits per heavy atom. The highest BCUT2D eigenvalue weighted by atomic mass is 35.5. The summed E-state index contributed by atoms with van der Waals surface area (Å²) in [6.45, 7) is 2.02. The van der Waals surface area contributed by atoms with Gasteiger partial charge in [-0.25, -0.2) is 9.18 Å². The van der Waals surface area contributed by atoms with Crippen LogP contribution < -0.4 is 10.6 Å². The highest BCUT2D eigenvalue weighted by Gasteiger charge is 2.20. The fraction of sp³-hybridized carbons (Fsp3) is 0.500. The normalized spacial score (nSPS) is 14.1. The fourth-order valence-corrected chi connectivity index (χ4v) is 1.84. The lowest BCUT2D eigenvalue weighted by Crippen LogP contribution is -2.30. The molecule has 20 heavy (non-hydrogen) atoms. The number of carbonyl (C=O) groups excluding carboxylic acids is 1. The first kappa shape index (κ1) is 15.1. The fourth-order valence-electron chi connectivity index (χ4n) is 1.66. The molecule has 0 heterocycles. The molecule has 0 radical (unpaired) electrons. The minimum absolute atomic E-state index is 0.0173. The Bertz CT molecular complexity index is 466. The van der Waals surface area contributed by atoms with E-state index < -0.39 is 5.82 Å². The predicted molar refractivity (Wildman–Crippen MR) is 76.6 cm³/mol. The molecule has 1 aromatic rings. The summed E-state index contributed by atoms with van der Waals surface area (Å²) in [6, 6.07) is 3.70. The van der Waals surface area contributed by atoms with Crippen LogP contribution in [0.25, 0.3) is 0 Å². The van der Waals surface area contributed by atoms with Crippen molar-refractivity contribution >= 4 is 23.3 Å². The molecule has 2 rings (SSSR count). The zero-order chi connectivity index (χ0) is 14.4. The van der Waals surface area contributed by atoms with Gasteiger partial charge in [0.15, 0.2) is 0 Å². The van der Waals surface area contributed by atoms with Gasteiger partial charge in [0.2, 0.25) is 0 Å². The molecule has 1 fully saturated rings. The summed E-state index contributed by atoms with van der Waals surface area (Å²) in [5.74, 6) is 0.250. The number of hydrogen-bond donors (Lipinski definition) is 2. The lowest BCUT2D eigenvalue weighted by molar-refractivity contribution is 0.122. The van der Waals surface area contributed by atoms with E-state index in [1.807, 2.05) is 0 Å². The minimum Gasteiger partial charge on any atom is -0.381 e. The molecule has 6 heteroatoms. The summed E-state index contributed by atoms with van der Waals surface area (Å²) in [6.07, 6.45) is 3.33. The van der Waals surface area contributed by atoms with Crippen molar-refractivity contribution in [2.45, 2.75) is 19.3 Å². The van der Waals surface area contributed by atoms with Gasteiger partial charge in [-0.1, -0.05) is 11.6 Å². The molecule has 0 atom stereocenters. The van der Waals surface area contributed by atoms with Crippen molar-refractivity contribution < 1.29 is 13.9 Å². The largest absolute Gasteiger partial charge is 0.381 e. The third-order valence-corrected chi connectivity index (χ3v) is 3.27. The van der Waals surface area contributed by atoms with Crippen molar-refractivity contribution in [1.82, 2.24) is 5.32 Å². The average Bonchev–Trinajstić information content (AvgIpc) is 3.22. The Kier molecular flexibility index (Phi) is 5.61. The molecular weight excluding hydrogens is 283 g/mol. The second-order valence-corrected chi connectivity index (χ2v) is 5.29. The van der Waals surface area contributed by atoms with Gasteiger partial charge < -0.3 is 15.4 Å². The molecular formula is C14H18ClFN2O2. The van der Waals surface area contributed by atoms with E-state index in [4.69, 9.17) is 16.3 Å². The Balaban J connectivity index is 1.58. The molecule has 1 aliphatic rings. The minimum atomic E-state index is -0.509. The van der Waals surface area contributed by atoms with Crippen LogP contribution in [-0.4, -0.2) is 25.8 Å². The van der Waals surface area contributed by atoms with Crippen molar-refractivity contribution in [3.05, 3.63) is 29.0 Å². The lowest BCUT2D eigenvalue weighted by atomic mass is 10.3. The van der Waals surface area contributed by atoms with Gasteiger partial charge in [0.25, 0.3) is 0 Å². The van der Waals surface area contributed by atoms with E-state index in [0.29, 0.717) is 18.8 Å². The number of benzene rings is 1. The highest BCUT2D eigenvalue weighted by Crippen LogP contribution is 2.28. The zero-order valence-electron chi connectivity index (χ0n) is 11.1. The van der Waals surface area contributed by atoms with E-state index in [2.05, 4.69) is 10.6 Å². The maximum Gasteiger partial charge on any atom is 0.319 e. The summed E-state index contributed by atoms with van der Waals surface area (Å²) in [5.41, 5.74) is 0.457. The molecule has 2 N–H and O–H groups in total. The summed E-state index contributed by atoms with van der Waals surface area (Å²) in [7, 11) is 0. The second-order valence-electron chi connectivity index (χ2n) is 4.88. The molecule has 2 amide bonds. The number of hydrogen-bond acceptors (Lipinski definition) is 2.